The van der Waals surface area contributed by atoms with Crippen molar-refractivity contribution in [2.75, 3.05) is 28.4 Å². The lowest BCUT2D eigenvalue weighted by Gasteiger charge is -2.10. The SMILES string of the molecule is COc1cc(C(=O)O)c(C(=O)O)cc1OC.COc1cc(C(=O)O)c(C(=O)O)cc1OC. The first-order valence-electron chi connectivity index (χ1n) is 8.47. The van der Waals surface area contributed by atoms with Gasteiger partial charge in [0.25, 0.3) is 0 Å². The predicted octanol–water partition coefficient (Wildman–Crippen LogP) is 2.20. The molecule has 0 bridgehead atoms. The second-order valence-corrected chi connectivity index (χ2v) is 5.73. The van der Waals surface area contributed by atoms with Gasteiger partial charge in [0.15, 0.2) is 23.0 Å². The smallest absolute Gasteiger partial charge is 0.336 e. The zero-order chi connectivity index (χ0) is 24.6. The molecule has 12 nitrogen and oxygen atoms in total. The molecule has 0 saturated heterocycles. The third-order valence-corrected chi connectivity index (χ3v) is 3.97. The Kier molecular flexibility index (Phi) is 8.83. The van der Waals surface area contributed by atoms with Crippen molar-refractivity contribution in [1.82, 2.24) is 0 Å². The zero-order valence-corrected chi connectivity index (χ0v) is 17.4. The minimum atomic E-state index is -1.33. The molecule has 172 valence electrons. The largest absolute Gasteiger partial charge is 0.493 e. The molecule has 2 rings (SSSR count). The van der Waals surface area contributed by atoms with Gasteiger partial charge in [-0.2, -0.15) is 0 Å². The Labute approximate surface area is 181 Å². The van der Waals surface area contributed by atoms with E-state index in [1.165, 1.54) is 28.4 Å². The van der Waals surface area contributed by atoms with Gasteiger partial charge in [0.05, 0.1) is 50.7 Å². The molecule has 0 saturated carbocycles. The van der Waals surface area contributed by atoms with Gasteiger partial charge in [-0.15, -0.1) is 0 Å². The molecule has 2 aromatic carbocycles. The highest BCUT2D eigenvalue weighted by molar-refractivity contribution is 6.03. The van der Waals surface area contributed by atoms with Crippen molar-refractivity contribution >= 4 is 23.9 Å². The van der Waals surface area contributed by atoms with E-state index in [0.29, 0.717) is 0 Å². The summed E-state index contributed by atoms with van der Waals surface area (Å²) in [4.78, 5) is 43.3. The Bertz CT molecular complexity index is 876. The lowest BCUT2D eigenvalue weighted by atomic mass is 10.1. The summed E-state index contributed by atoms with van der Waals surface area (Å²) >= 11 is 0. The first-order chi connectivity index (χ1) is 15.0. The quantitative estimate of drug-likeness (QED) is 0.458. The summed E-state index contributed by atoms with van der Waals surface area (Å²) in [7, 11) is 5.35. The summed E-state index contributed by atoms with van der Waals surface area (Å²) in [6, 6.07) is 4.46. The Morgan fingerprint density at radius 2 is 0.625 bits per heavy atom. The van der Waals surface area contributed by atoms with Crippen LogP contribution in [0, 0.1) is 0 Å². The molecule has 0 aliphatic carbocycles. The van der Waals surface area contributed by atoms with Crippen molar-refractivity contribution < 1.29 is 58.6 Å². The van der Waals surface area contributed by atoms with Crippen molar-refractivity contribution in [3.8, 4) is 23.0 Å². The van der Waals surface area contributed by atoms with Crippen LogP contribution in [0.5, 0.6) is 23.0 Å². The van der Waals surface area contributed by atoms with Gasteiger partial charge in [0.1, 0.15) is 0 Å². The van der Waals surface area contributed by atoms with E-state index in [2.05, 4.69) is 0 Å². The molecule has 2 aromatic rings. The van der Waals surface area contributed by atoms with Crippen LogP contribution in [0.15, 0.2) is 24.3 Å². The van der Waals surface area contributed by atoms with Crippen LogP contribution in [0.25, 0.3) is 0 Å². The van der Waals surface area contributed by atoms with Crippen LogP contribution in [-0.4, -0.2) is 72.7 Å². The third-order valence-electron chi connectivity index (χ3n) is 3.97. The van der Waals surface area contributed by atoms with Gasteiger partial charge in [0.2, 0.25) is 0 Å². The number of carboxylic acids is 4. The number of carboxylic acid groups (broad SMARTS) is 4. The van der Waals surface area contributed by atoms with Crippen LogP contribution in [-0.2, 0) is 0 Å². The van der Waals surface area contributed by atoms with Gasteiger partial charge >= 0.3 is 23.9 Å². The van der Waals surface area contributed by atoms with E-state index >= 15 is 0 Å². The molecule has 0 radical (unpaired) electrons. The van der Waals surface area contributed by atoms with Crippen LogP contribution in [0.4, 0.5) is 0 Å². The molecule has 0 aromatic heterocycles. The number of aromatic carboxylic acids is 4. The van der Waals surface area contributed by atoms with Crippen LogP contribution in [0.1, 0.15) is 41.4 Å². The minimum absolute atomic E-state index is 0.171. The fourth-order valence-corrected chi connectivity index (χ4v) is 2.47. The second-order valence-electron chi connectivity index (χ2n) is 5.73. The second kappa shape index (κ2) is 11.1. The average molecular weight is 452 g/mol. The molecule has 0 fully saturated rings. The van der Waals surface area contributed by atoms with E-state index in [1.54, 1.807) is 0 Å². The van der Waals surface area contributed by atoms with Gasteiger partial charge in [-0.3, -0.25) is 0 Å². The van der Waals surface area contributed by atoms with E-state index in [-0.39, 0.29) is 45.3 Å². The van der Waals surface area contributed by atoms with Crippen molar-refractivity contribution in [1.29, 1.82) is 0 Å². The maximum Gasteiger partial charge on any atom is 0.336 e. The number of hydrogen-bond donors (Lipinski definition) is 4. The van der Waals surface area contributed by atoms with Crippen LogP contribution < -0.4 is 18.9 Å². The fraction of sp³-hybridized carbons (Fsp3) is 0.200. The summed E-state index contributed by atoms with van der Waals surface area (Å²) in [5, 5.41) is 35.4. The molecule has 0 unspecified atom stereocenters. The maximum absolute atomic E-state index is 10.8. The van der Waals surface area contributed by atoms with Crippen LogP contribution in [0.2, 0.25) is 0 Å². The van der Waals surface area contributed by atoms with Gasteiger partial charge in [-0.05, 0) is 24.3 Å². The number of hydrogen-bond acceptors (Lipinski definition) is 8. The monoisotopic (exact) mass is 452 g/mol. The van der Waals surface area contributed by atoms with Gasteiger partial charge < -0.3 is 39.4 Å². The van der Waals surface area contributed by atoms with E-state index in [9.17, 15) is 19.2 Å². The zero-order valence-electron chi connectivity index (χ0n) is 17.4. The molecule has 0 aliphatic heterocycles. The van der Waals surface area contributed by atoms with Gasteiger partial charge in [-0.1, -0.05) is 0 Å². The Morgan fingerprint density at radius 3 is 0.719 bits per heavy atom. The van der Waals surface area contributed by atoms with Crippen LogP contribution >= 0.6 is 0 Å². The predicted molar refractivity (Wildman–Crippen MR) is 107 cm³/mol. The first-order valence-corrected chi connectivity index (χ1v) is 8.47. The highest BCUT2D eigenvalue weighted by Crippen LogP contribution is 2.31. The number of methoxy groups -OCH3 is 4. The highest BCUT2D eigenvalue weighted by atomic mass is 16.5. The normalized spacial score (nSPS) is 9.62. The molecule has 0 aliphatic rings. The Hall–Kier alpha value is -4.48. The summed E-state index contributed by atoms with van der Waals surface area (Å²) in [5.41, 5.74) is -1.37. The minimum Gasteiger partial charge on any atom is -0.493 e. The van der Waals surface area contributed by atoms with E-state index in [1.807, 2.05) is 0 Å². The number of ether oxygens (including phenoxy) is 4. The van der Waals surface area contributed by atoms with Crippen LogP contribution in [0.3, 0.4) is 0 Å². The van der Waals surface area contributed by atoms with Gasteiger partial charge in [-0.25, -0.2) is 19.2 Å². The number of benzene rings is 2. The Balaban J connectivity index is 0.000000320. The summed E-state index contributed by atoms with van der Waals surface area (Å²) < 4.78 is 19.5. The number of carbonyl (C=O) groups is 4. The fourth-order valence-electron chi connectivity index (χ4n) is 2.47. The standard InChI is InChI=1S/2C10H10O6/c2*1-15-7-3-5(9(11)12)6(10(13)14)4-8(7)16-2/h2*3-4H,1-2H3,(H,11,12)(H,13,14). The Morgan fingerprint density at radius 1 is 0.469 bits per heavy atom. The summed E-state index contributed by atoms with van der Waals surface area (Å²) in [6.45, 7) is 0. The molecule has 4 N–H and O–H groups in total. The molecular weight excluding hydrogens is 432 g/mol. The summed E-state index contributed by atoms with van der Waals surface area (Å²) in [5.74, 6) is -4.65. The van der Waals surface area contributed by atoms with Crippen molar-refractivity contribution in [3.05, 3.63) is 46.5 Å². The van der Waals surface area contributed by atoms with Crippen molar-refractivity contribution in [2.24, 2.45) is 0 Å². The maximum atomic E-state index is 10.8. The van der Waals surface area contributed by atoms with E-state index in [0.717, 1.165) is 24.3 Å². The molecule has 0 heterocycles. The molecule has 12 heteroatoms. The lowest BCUT2D eigenvalue weighted by Crippen LogP contribution is -2.09. The van der Waals surface area contributed by atoms with Crippen molar-refractivity contribution in [3.63, 3.8) is 0 Å². The molecular formula is C20H20O12. The topological polar surface area (TPSA) is 186 Å². The molecule has 0 spiro atoms. The molecule has 0 amide bonds. The average Bonchev–Trinajstić information content (AvgIpc) is 2.76. The lowest BCUT2D eigenvalue weighted by molar-refractivity contribution is 0.0651. The first kappa shape index (κ1) is 25.6. The van der Waals surface area contributed by atoms with Crippen molar-refractivity contribution in [2.45, 2.75) is 0 Å². The highest BCUT2D eigenvalue weighted by Gasteiger charge is 2.21. The summed E-state index contributed by atoms with van der Waals surface area (Å²) in [6.07, 6.45) is 0. The number of rotatable bonds is 8. The van der Waals surface area contributed by atoms with E-state index < -0.39 is 23.9 Å². The third kappa shape index (κ3) is 5.78. The molecule has 32 heavy (non-hydrogen) atoms. The van der Waals surface area contributed by atoms with Gasteiger partial charge in [0, 0.05) is 0 Å². The van der Waals surface area contributed by atoms with E-state index in [4.69, 9.17) is 39.4 Å². The molecule has 0 atom stereocenters.